The van der Waals surface area contributed by atoms with Crippen LogP contribution in [0.2, 0.25) is 0 Å². The van der Waals surface area contributed by atoms with Gasteiger partial charge in [-0.25, -0.2) is 9.80 Å². The topological polar surface area (TPSA) is 58.4 Å². The van der Waals surface area contributed by atoms with E-state index in [0.29, 0.717) is 0 Å². The maximum absolute atomic E-state index is 10.2. The molecule has 0 aliphatic carbocycles. The molecule has 0 aromatic carbocycles. The molecule has 0 fully saturated rings. The summed E-state index contributed by atoms with van der Waals surface area (Å²) < 4.78 is 0. The Morgan fingerprint density at radius 2 is 2.00 bits per heavy atom. The van der Waals surface area contributed by atoms with Gasteiger partial charge in [0.25, 0.3) is 0 Å². The second-order valence-corrected chi connectivity index (χ2v) is 1.65. The van der Waals surface area contributed by atoms with Crippen LogP contribution in [-0.4, -0.2) is 24.1 Å². The van der Waals surface area contributed by atoms with E-state index in [1.165, 1.54) is 0 Å². The first-order chi connectivity index (χ1) is 4.20. The monoisotopic (exact) mass is 131 g/mol. The summed E-state index contributed by atoms with van der Waals surface area (Å²) in [4.78, 5) is 10.2. The molecule has 2 amide bonds. The highest BCUT2D eigenvalue weighted by Crippen LogP contribution is 1.76. The molecule has 0 atom stereocenters. The average molecular weight is 131 g/mol. The second kappa shape index (κ2) is 4.14. The van der Waals surface area contributed by atoms with Crippen molar-refractivity contribution >= 4 is 6.03 Å². The number of carbonyl (C=O) groups excluding carboxylic acids is 1. The normalized spacial score (nSPS) is 9.67. The van der Waals surface area contributed by atoms with Crippen molar-refractivity contribution in [2.24, 2.45) is 5.73 Å². The van der Waals surface area contributed by atoms with Gasteiger partial charge in [-0.05, 0) is 0 Å². The zero-order valence-corrected chi connectivity index (χ0v) is 5.85. The van der Waals surface area contributed by atoms with Crippen molar-refractivity contribution in [3.63, 3.8) is 0 Å². The standard InChI is InChI=1S/C5H13N3O/c1-3-8(4-2)7-5(6)9/h3-4H2,1-2H3,(H3,6,7,9). The summed E-state index contributed by atoms with van der Waals surface area (Å²) in [6.07, 6.45) is 0. The molecule has 0 heterocycles. The van der Waals surface area contributed by atoms with Crippen LogP contribution in [0.4, 0.5) is 4.79 Å². The molecule has 0 bridgehead atoms. The van der Waals surface area contributed by atoms with E-state index in [0.717, 1.165) is 13.1 Å². The summed E-state index contributed by atoms with van der Waals surface area (Å²) in [5.41, 5.74) is 7.30. The van der Waals surface area contributed by atoms with Gasteiger partial charge in [0.2, 0.25) is 0 Å². The molecule has 4 heteroatoms. The molecule has 54 valence electrons. The van der Waals surface area contributed by atoms with Gasteiger partial charge < -0.3 is 5.73 Å². The lowest BCUT2D eigenvalue weighted by Gasteiger charge is -2.16. The highest BCUT2D eigenvalue weighted by Gasteiger charge is 1.97. The largest absolute Gasteiger partial charge is 0.351 e. The molecule has 0 rings (SSSR count). The predicted octanol–water partition coefficient (Wildman–Crippen LogP) is -0.0885. The Kier molecular flexibility index (Phi) is 3.79. The quantitative estimate of drug-likeness (QED) is 0.526. The molecule has 0 aromatic heterocycles. The zero-order valence-electron chi connectivity index (χ0n) is 5.85. The lowest BCUT2D eigenvalue weighted by atomic mass is 10.6. The van der Waals surface area contributed by atoms with Crippen molar-refractivity contribution in [3.05, 3.63) is 0 Å². The SMILES string of the molecule is CCN(CC)NC(N)=O. The zero-order chi connectivity index (χ0) is 7.28. The Bertz CT molecular complexity index is 90.2. The number of hydrazine groups is 1. The van der Waals surface area contributed by atoms with Crippen LogP contribution in [0, 0.1) is 0 Å². The van der Waals surface area contributed by atoms with Crippen LogP contribution in [0.3, 0.4) is 0 Å². The summed E-state index contributed by atoms with van der Waals surface area (Å²) >= 11 is 0. The molecule has 9 heavy (non-hydrogen) atoms. The Balaban J connectivity index is 3.43. The van der Waals surface area contributed by atoms with E-state index in [1.807, 2.05) is 13.8 Å². The Hall–Kier alpha value is -0.770. The molecule has 0 unspecified atom stereocenters. The third-order valence-electron chi connectivity index (χ3n) is 1.03. The van der Waals surface area contributed by atoms with Crippen molar-refractivity contribution in [1.82, 2.24) is 10.4 Å². The van der Waals surface area contributed by atoms with Crippen molar-refractivity contribution in [3.8, 4) is 0 Å². The number of rotatable bonds is 3. The van der Waals surface area contributed by atoms with E-state index < -0.39 is 6.03 Å². The molecule has 0 spiro atoms. The molecule has 3 N–H and O–H groups in total. The number of carbonyl (C=O) groups is 1. The number of nitrogens with one attached hydrogen (secondary N) is 1. The molecule has 0 aliphatic heterocycles. The second-order valence-electron chi connectivity index (χ2n) is 1.65. The predicted molar refractivity (Wildman–Crippen MR) is 35.6 cm³/mol. The average Bonchev–Trinajstić information content (AvgIpc) is 1.82. The van der Waals surface area contributed by atoms with Gasteiger partial charge in [-0.15, -0.1) is 0 Å². The fourth-order valence-electron chi connectivity index (χ4n) is 0.538. The van der Waals surface area contributed by atoms with Crippen LogP contribution in [0.25, 0.3) is 0 Å². The lowest BCUT2D eigenvalue weighted by molar-refractivity contribution is 0.194. The van der Waals surface area contributed by atoms with Crippen molar-refractivity contribution in [2.45, 2.75) is 13.8 Å². The van der Waals surface area contributed by atoms with Gasteiger partial charge in [0.15, 0.2) is 0 Å². The molecule has 0 aliphatic rings. The van der Waals surface area contributed by atoms with Gasteiger partial charge in [-0.3, -0.25) is 5.43 Å². The van der Waals surface area contributed by atoms with Crippen LogP contribution >= 0.6 is 0 Å². The van der Waals surface area contributed by atoms with Crippen LogP contribution < -0.4 is 11.2 Å². The number of nitrogens with two attached hydrogens (primary N) is 1. The molecule has 4 nitrogen and oxygen atoms in total. The number of hydrogen-bond donors (Lipinski definition) is 2. The maximum Gasteiger partial charge on any atom is 0.326 e. The maximum atomic E-state index is 10.2. The van der Waals surface area contributed by atoms with Crippen LogP contribution in [-0.2, 0) is 0 Å². The van der Waals surface area contributed by atoms with E-state index >= 15 is 0 Å². The number of hydrogen-bond acceptors (Lipinski definition) is 2. The van der Waals surface area contributed by atoms with Crippen LogP contribution in [0.15, 0.2) is 0 Å². The minimum Gasteiger partial charge on any atom is -0.351 e. The first-order valence-electron chi connectivity index (χ1n) is 3.01. The first-order valence-corrected chi connectivity index (χ1v) is 3.01. The minimum absolute atomic E-state index is 0.501. The Labute approximate surface area is 55.0 Å². The van der Waals surface area contributed by atoms with Crippen LogP contribution in [0.1, 0.15) is 13.8 Å². The molecule has 0 radical (unpaired) electrons. The number of nitrogens with zero attached hydrogens (tertiary/aromatic N) is 1. The van der Waals surface area contributed by atoms with Gasteiger partial charge in [-0.2, -0.15) is 0 Å². The molecule has 0 saturated carbocycles. The minimum atomic E-state index is -0.501. The Morgan fingerprint density at radius 1 is 1.56 bits per heavy atom. The first kappa shape index (κ1) is 8.23. The van der Waals surface area contributed by atoms with Crippen molar-refractivity contribution < 1.29 is 4.79 Å². The van der Waals surface area contributed by atoms with E-state index in [4.69, 9.17) is 5.73 Å². The summed E-state index contributed by atoms with van der Waals surface area (Å²) in [6.45, 7) is 5.44. The molecular formula is C5H13N3O. The fourth-order valence-corrected chi connectivity index (χ4v) is 0.538. The number of amides is 2. The van der Waals surface area contributed by atoms with Crippen molar-refractivity contribution in [1.29, 1.82) is 0 Å². The molecular weight excluding hydrogens is 118 g/mol. The lowest BCUT2D eigenvalue weighted by Crippen LogP contribution is -2.44. The van der Waals surface area contributed by atoms with Crippen LogP contribution in [0.5, 0.6) is 0 Å². The molecule has 0 aromatic rings. The summed E-state index contributed by atoms with van der Waals surface area (Å²) in [6, 6.07) is -0.501. The van der Waals surface area contributed by atoms with E-state index in [1.54, 1.807) is 5.01 Å². The van der Waals surface area contributed by atoms with Gasteiger partial charge in [0.05, 0.1) is 0 Å². The highest BCUT2D eigenvalue weighted by molar-refractivity contribution is 5.70. The van der Waals surface area contributed by atoms with Gasteiger partial charge in [0, 0.05) is 13.1 Å². The van der Waals surface area contributed by atoms with E-state index in [2.05, 4.69) is 5.43 Å². The highest BCUT2D eigenvalue weighted by atomic mass is 16.2. The summed E-state index contributed by atoms with van der Waals surface area (Å²) in [7, 11) is 0. The third-order valence-corrected chi connectivity index (χ3v) is 1.03. The van der Waals surface area contributed by atoms with Gasteiger partial charge in [0.1, 0.15) is 0 Å². The number of primary amides is 1. The number of urea groups is 1. The van der Waals surface area contributed by atoms with E-state index in [-0.39, 0.29) is 0 Å². The van der Waals surface area contributed by atoms with Gasteiger partial charge in [-0.1, -0.05) is 13.8 Å². The fraction of sp³-hybridized carbons (Fsp3) is 0.800. The van der Waals surface area contributed by atoms with Crippen molar-refractivity contribution in [2.75, 3.05) is 13.1 Å². The summed E-state index contributed by atoms with van der Waals surface area (Å²) in [5.74, 6) is 0. The molecule has 0 saturated heterocycles. The smallest absolute Gasteiger partial charge is 0.326 e. The summed E-state index contributed by atoms with van der Waals surface area (Å²) in [5, 5.41) is 1.72. The van der Waals surface area contributed by atoms with Gasteiger partial charge >= 0.3 is 6.03 Å². The Morgan fingerprint density at radius 3 is 2.11 bits per heavy atom. The third kappa shape index (κ3) is 3.78. The van der Waals surface area contributed by atoms with E-state index in [9.17, 15) is 4.79 Å².